The van der Waals surface area contributed by atoms with Crippen molar-refractivity contribution >= 4 is 0 Å². The van der Waals surface area contributed by atoms with E-state index < -0.39 is 0 Å². The first kappa shape index (κ1) is 16.4. The van der Waals surface area contributed by atoms with Gasteiger partial charge in [0.05, 0.1) is 39.6 Å². The first-order valence-corrected chi connectivity index (χ1v) is 6.83. The second-order valence-electron chi connectivity index (χ2n) is 4.15. The van der Waals surface area contributed by atoms with Crippen LogP contribution < -0.4 is 0 Å². The molecule has 110 valence electrons. The Hall–Kier alpha value is -0.640. The molecule has 0 aliphatic carbocycles. The standard InChI is InChI=1S/C14H24O5/c1-2-6-15-8-9-16-10-11-17-12-13-19-14-5-3-4-7-18-14/h1,14H,3-13H2. The summed E-state index contributed by atoms with van der Waals surface area (Å²) in [7, 11) is 0. The summed E-state index contributed by atoms with van der Waals surface area (Å²) in [4.78, 5) is 0. The molecule has 0 aromatic rings. The van der Waals surface area contributed by atoms with Gasteiger partial charge in [-0.05, 0) is 19.3 Å². The van der Waals surface area contributed by atoms with Gasteiger partial charge in [0.1, 0.15) is 6.61 Å². The van der Waals surface area contributed by atoms with Crippen molar-refractivity contribution in [1.29, 1.82) is 0 Å². The second-order valence-corrected chi connectivity index (χ2v) is 4.15. The van der Waals surface area contributed by atoms with Gasteiger partial charge < -0.3 is 23.7 Å². The predicted octanol–water partition coefficient (Wildman–Crippen LogP) is 1.21. The van der Waals surface area contributed by atoms with Crippen LogP contribution in [0.15, 0.2) is 0 Å². The SMILES string of the molecule is C#CCOCCOCCOCCOC1CCCCO1. The van der Waals surface area contributed by atoms with Crippen molar-refractivity contribution in [2.75, 3.05) is 52.9 Å². The van der Waals surface area contributed by atoms with Gasteiger partial charge in [-0.25, -0.2) is 0 Å². The Kier molecular flexibility index (Phi) is 10.7. The maximum absolute atomic E-state index is 5.53. The quantitative estimate of drug-likeness (QED) is 0.418. The van der Waals surface area contributed by atoms with Crippen molar-refractivity contribution in [2.45, 2.75) is 25.6 Å². The Morgan fingerprint density at radius 3 is 2.26 bits per heavy atom. The van der Waals surface area contributed by atoms with Crippen molar-refractivity contribution < 1.29 is 23.7 Å². The third-order valence-corrected chi connectivity index (χ3v) is 2.60. The Balaban J connectivity index is 1.72. The molecular formula is C14H24O5. The Bertz CT molecular complexity index is 232. The van der Waals surface area contributed by atoms with E-state index in [2.05, 4.69) is 5.92 Å². The van der Waals surface area contributed by atoms with Gasteiger partial charge in [-0.2, -0.15) is 0 Å². The van der Waals surface area contributed by atoms with Gasteiger partial charge in [0.15, 0.2) is 6.29 Å². The molecule has 0 aromatic carbocycles. The zero-order valence-corrected chi connectivity index (χ0v) is 11.5. The number of ether oxygens (including phenoxy) is 5. The van der Waals surface area contributed by atoms with Crippen LogP contribution in [0.2, 0.25) is 0 Å². The molecule has 1 aliphatic rings. The van der Waals surface area contributed by atoms with Crippen molar-refractivity contribution in [3.05, 3.63) is 0 Å². The van der Waals surface area contributed by atoms with E-state index in [1.807, 2.05) is 0 Å². The summed E-state index contributed by atoms with van der Waals surface area (Å²) in [6.07, 6.45) is 8.30. The maximum Gasteiger partial charge on any atom is 0.157 e. The van der Waals surface area contributed by atoms with Crippen LogP contribution in [-0.2, 0) is 23.7 Å². The molecule has 0 spiro atoms. The zero-order chi connectivity index (χ0) is 13.6. The van der Waals surface area contributed by atoms with Gasteiger partial charge in [-0.3, -0.25) is 0 Å². The van der Waals surface area contributed by atoms with Crippen LogP contribution in [0.25, 0.3) is 0 Å². The molecule has 5 nitrogen and oxygen atoms in total. The average Bonchev–Trinajstić information content (AvgIpc) is 2.46. The van der Waals surface area contributed by atoms with Gasteiger partial charge in [0, 0.05) is 6.61 Å². The van der Waals surface area contributed by atoms with Gasteiger partial charge in [-0.1, -0.05) is 5.92 Å². The van der Waals surface area contributed by atoms with Crippen LogP contribution in [0.4, 0.5) is 0 Å². The van der Waals surface area contributed by atoms with Crippen LogP contribution in [-0.4, -0.2) is 59.1 Å². The molecule has 0 aromatic heterocycles. The molecule has 5 heteroatoms. The molecule has 1 rings (SSSR count). The van der Waals surface area contributed by atoms with Crippen molar-refractivity contribution in [3.63, 3.8) is 0 Å². The number of hydrogen-bond acceptors (Lipinski definition) is 5. The molecular weight excluding hydrogens is 248 g/mol. The molecule has 0 radical (unpaired) electrons. The van der Waals surface area contributed by atoms with Crippen molar-refractivity contribution in [1.82, 2.24) is 0 Å². The minimum absolute atomic E-state index is 0.0399. The Labute approximate surface area is 115 Å². The van der Waals surface area contributed by atoms with E-state index in [0.717, 1.165) is 19.4 Å². The molecule has 0 saturated carbocycles. The molecule has 1 unspecified atom stereocenters. The summed E-state index contributed by atoms with van der Waals surface area (Å²) in [5.41, 5.74) is 0. The third kappa shape index (κ3) is 9.88. The highest BCUT2D eigenvalue weighted by atomic mass is 16.7. The number of rotatable bonds is 11. The summed E-state index contributed by atoms with van der Waals surface area (Å²) in [5.74, 6) is 2.39. The van der Waals surface area contributed by atoms with E-state index >= 15 is 0 Å². The summed E-state index contributed by atoms with van der Waals surface area (Å²) < 4.78 is 26.7. The molecule has 1 atom stereocenters. The highest BCUT2D eigenvalue weighted by Crippen LogP contribution is 2.13. The minimum Gasteiger partial charge on any atom is -0.377 e. The predicted molar refractivity (Wildman–Crippen MR) is 70.8 cm³/mol. The van der Waals surface area contributed by atoms with Crippen molar-refractivity contribution in [3.8, 4) is 12.3 Å². The Morgan fingerprint density at radius 1 is 0.947 bits per heavy atom. The first-order chi connectivity index (χ1) is 9.43. The van der Waals surface area contributed by atoms with E-state index in [-0.39, 0.29) is 6.29 Å². The lowest BCUT2D eigenvalue weighted by atomic mass is 10.2. The summed E-state index contributed by atoms with van der Waals surface area (Å²) in [5, 5.41) is 0. The average molecular weight is 272 g/mol. The first-order valence-electron chi connectivity index (χ1n) is 6.83. The topological polar surface area (TPSA) is 46.2 Å². The monoisotopic (exact) mass is 272 g/mol. The van der Waals surface area contributed by atoms with E-state index in [1.54, 1.807) is 0 Å². The van der Waals surface area contributed by atoms with Crippen LogP contribution in [0, 0.1) is 12.3 Å². The fraction of sp³-hybridized carbons (Fsp3) is 0.857. The molecule has 0 bridgehead atoms. The maximum atomic E-state index is 5.53. The summed E-state index contributed by atoms with van der Waals surface area (Å²) >= 11 is 0. The highest BCUT2D eigenvalue weighted by Gasteiger charge is 2.13. The highest BCUT2D eigenvalue weighted by molar-refractivity contribution is 4.82. The van der Waals surface area contributed by atoms with Gasteiger partial charge in [-0.15, -0.1) is 6.42 Å². The fourth-order valence-electron chi connectivity index (χ4n) is 1.65. The van der Waals surface area contributed by atoms with Crippen LogP contribution in [0.5, 0.6) is 0 Å². The van der Waals surface area contributed by atoms with Crippen LogP contribution in [0.3, 0.4) is 0 Å². The molecule has 1 fully saturated rings. The van der Waals surface area contributed by atoms with E-state index in [1.165, 1.54) is 6.42 Å². The van der Waals surface area contributed by atoms with Crippen molar-refractivity contribution in [2.24, 2.45) is 0 Å². The molecule has 1 aliphatic heterocycles. The lowest BCUT2D eigenvalue weighted by Gasteiger charge is -2.22. The van der Waals surface area contributed by atoms with Crippen LogP contribution in [0.1, 0.15) is 19.3 Å². The van der Waals surface area contributed by atoms with Gasteiger partial charge in [0.25, 0.3) is 0 Å². The zero-order valence-electron chi connectivity index (χ0n) is 11.5. The normalized spacial score (nSPS) is 19.2. The van der Waals surface area contributed by atoms with Gasteiger partial charge in [0.2, 0.25) is 0 Å². The number of terminal acetylenes is 1. The fourth-order valence-corrected chi connectivity index (χ4v) is 1.65. The number of hydrogen-bond donors (Lipinski definition) is 0. The lowest BCUT2D eigenvalue weighted by molar-refractivity contribution is -0.169. The molecule has 1 saturated heterocycles. The summed E-state index contributed by atoms with van der Waals surface area (Å²) in [6, 6.07) is 0. The third-order valence-electron chi connectivity index (χ3n) is 2.60. The largest absolute Gasteiger partial charge is 0.377 e. The van der Waals surface area contributed by atoms with Gasteiger partial charge >= 0.3 is 0 Å². The lowest BCUT2D eigenvalue weighted by Crippen LogP contribution is -2.24. The summed E-state index contributed by atoms with van der Waals surface area (Å²) in [6.45, 7) is 4.45. The molecule has 1 heterocycles. The Morgan fingerprint density at radius 2 is 1.63 bits per heavy atom. The minimum atomic E-state index is -0.0399. The van der Waals surface area contributed by atoms with Crippen LogP contribution >= 0.6 is 0 Å². The second kappa shape index (κ2) is 12.4. The smallest absolute Gasteiger partial charge is 0.157 e. The van der Waals surface area contributed by atoms with E-state index in [0.29, 0.717) is 46.2 Å². The van der Waals surface area contributed by atoms with E-state index in [9.17, 15) is 0 Å². The van der Waals surface area contributed by atoms with E-state index in [4.69, 9.17) is 30.1 Å². The molecule has 0 amide bonds. The molecule has 19 heavy (non-hydrogen) atoms. The molecule has 0 N–H and O–H groups in total.